The van der Waals surface area contributed by atoms with Crippen LogP contribution in [0.25, 0.3) is 0 Å². The first-order valence-electron chi connectivity index (χ1n) is 9.81. The molecule has 0 radical (unpaired) electrons. The van der Waals surface area contributed by atoms with Crippen molar-refractivity contribution < 1.29 is 23.4 Å². The molecule has 1 fully saturated rings. The number of rotatable bonds is 7. The highest BCUT2D eigenvalue weighted by Gasteiger charge is 2.24. The second kappa shape index (κ2) is 10.1. The molecule has 1 aliphatic heterocycles. The Labute approximate surface area is 184 Å². The highest BCUT2D eigenvalue weighted by atomic mass is 79.9. The van der Waals surface area contributed by atoms with Crippen molar-refractivity contribution in [1.82, 2.24) is 9.80 Å². The minimum Gasteiger partial charge on any atom is -0.494 e. The Bertz CT molecular complexity index is 901. The first kappa shape index (κ1) is 22.4. The minimum absolute atomic E-state index is 0.0489. The Morgan fingerprint density at radius 1 is 1.07 bits per heavy atom. The lowest BCUT2D eigenvalue weighted by atomic mass is 10.1. The van der Waals surface area contributed by atoms with Crippen molar-refractivity contribution in [1.29, 1.82) is 0 Å². The molecule has 162 valence electrons. The van der Waals surface area contributed by atoms with Crippen molar-refractivity contribution >= 4 is 21.8 Å². The molecule has 2 aromatic carbocycles. The number of hydrogen-bond acceptors (Lipinski definition) is 5. The third-order valence-corrected chi connectivity index (χ3v) is 5.64. The van der Waals surface area contributed by atoms with E-state index in [-0.39, 0.29) is 17.5 Å². The summed E-state index contributed by atoms with van der Waals surface area (Å²) in [7, 11) is 3.01. The summed E-state index contributed by atoms with van der Waals surface area (Å²) >= 11 is 3.47. The second-order valence-corrected chi connectivity index (χ2v) is 7.81. The fourth-order valence-corrected chi connectivity index (χ4v) is 4.04. The van der Waals surface area contributed by atoms with Crippen LogP contribution >= 0.6 is 15.9 Å². The van der Waals surface area contributed by atoms with Crippen LogP contribution in [-0.2, 0) is 6.54 Å². The van der Waals surface area contributed by atoms with E-state index in [0.717, 1.165) is 5.56 Å². The van der Waals surface area contributed by atoms with Crippen LogP contribution in [0.5, 0.6) is 17.2 Å². The van der Waals surface area contributed by atoms with Crippen molar-refractivity contribution in [2.45, 2.75) is 13.5 Å². The molecular weight excluding hydrogens is 455 g/mol. The maximum Gasteiger partial charge on any atom is 0.254 e. The highest BCUT2D eigenvalue weighted by Crippen LogP contribution is 2.37. The Morgan fingerprint density at radius 2 is 1.77 bits per heavy atom. The topological polar surface area (TPSA) is 51.2 Å². The van der Waals surface area contributed by atoms with Crippen LogP contribution in [0.1, 0.15) is 22.8 Å². The molecule has 0 bridgehead atoms. The van der Waals surface area contributed by atoms with Crippen molar-refractivity contribution in [3.8, 4) is 17.2 Å². The molecule has 0 N–H and O–H groups in total. The van der Waals surface area contributed by atoms with Crippen LogP contribution in [0.2, 0.25) is 0 Å². The largest absolute Gasteiger partial charge is 0.494 e. The van der Waals surface area contributed by atoms with E-state index in [1.807, 2.05) is 17.9 Å². The fourth-order valence-electron chi connectivity index (χ4n) is 3.49. The van der Waals surface area contributed by atoms with Gasteiger partial charge in [0, 0.05) is 38.3 Å². The molecule has 0 aromatic heterocycles. The van der Waals surface area contributed by atoms with Gasteiger partial charge < -0.3 is 19.1 Å². The van der Waals surface area contributed by atoms with Gasteiger partial charge in [0.1, 0.15) is 0 Å². The van der Waals surface area contributed by atoms with Gasteiger partial charge in [-0.15, -0.1) is 0 Å². The monoisotopic (exact) mass is 480 g/mol. The molecular formula is C22H26BrFN2O4. The zero-order chi connectivity index (χ0) is 21.7. The summed E-state index contributed by atoms with van der Waals surface area (Å²) in [5.74, 6) is 0.944. The van der Waals surface area contributed by atoms with E-state index < -0.39 is 0 Å². The van der Waals surface area contributed by atoms with E-state index in [1.165, 1.54) is 13.2 Å². The minimum atomic E-state index is -0.362. The van der Waals surface area contributed by atoms with Crippen LogP contribution in [0.15, 0.2) is 34.8 Å². The SMILES string of the molecule is CCOc1c(Br)cc(C(=O)N2CCN(Cc3ccc(OC)c(F)c3)CC2)cc1OC. The van der Waals surface area contributed by atoms with Gasteiger partial charge in [-0.05, 0) is 52.7 Å². The van der Waals surface area contributed by atoms with E-state index in [0.29, 0.717) is 60.9 Å². The number of amides is 1. The summed E-state index contributed by atoms with van der Waals surface area (Å²) in [5, 5.41) is 0. The number of methoxy groups -OCH3 is 2. The lowest BCUT2D eigenvalue weighted by Crippen LogP contribution is -2.48. The molecule has 8 heteroatoms. The number of benzene rings is 2. The van der Waals surface area contributed by atoms with Gasteiger partial charge in [-0.25, -0.2) is 4.39 Å². The molecule has 1 heterocycles. The first-order chi connectivity index (χ1) is 14.5. The third-order valence-electron chi connectivity index (χ3n) is 5.05. The Hall–Kier alpha value is -2.32. The summed E-state index contributed by atoms with van der Waals surface area (Å²) in [4.78, 5) is 17.0. The molecule has 0 atom stereocenters. The van der Waals surface area contributed by atoms with Crippen LogP contribution in [-0.4, -0.2) is 62.7 Å². The lowest BCUT2D eigenvalue weighted by molar-refractivity contribution is 0.0628. The van der Waals surface area contributed by atoms with Crippen molar-refractivity contribution in [3.05, 3.63) is 51.7 Å². The van der Waals surface area contributed by atoms with E-state index >= 15 is 0 Å². The number of piperazine rings is 1. The van der Waals surface area contributed by atoms with Gasteiger partial charge >= 0.3 is 0 Å². The van der Waals surface area contributed by atoms with Crippen molar-refractivity contribution in [3.63, 3.8) is 0 Å². The third kappa shape index (κ3) is 5.05. The lowest BCUT2D eigenvalue weighted by Gasteiger charge is -2.35. The predicted octanol–water partition coefficient (Wildman–Crippen LogP) is 3.96. The van der Waals surface area contributed by atoms with Gasteiger partial charge in [-0.2, -0.15) is 0 Å². The molecule has 6 nitrogen and oxygen atoms in total. The standard InChI is InChI=1S/C22H26BrFN2O4/c1-4-30-21-17(23)12-16(13-20(21)29-3)22(27)26-9-7-25(8-10-26)14-15-5-6-19(28-2)18(24)11-15/h5-6,11-13H,4,7-10,14H2,1-3H3. The summed E-state index contributed by atoms with van der Waals surface area (Å²) in [6.45, 7) is 5.66. The Kier molecular flexibility index (Phi) is 7.55. The quantitative estimate of drug-likeness (QED) is 0.600. The number of carbonyl (C=O) groups is 1. The zero-order valence-electron chi connectivity index (χ0n) is 17.4. The summed E-state index contributed by atoms with van der Waals surface area (Å²) in [6, 6.07) is 8.48. The highest BCUT2D eigenvalue weighted by molar-refractivity contribution is 9.10. The molecule has 1 amide bonds. The van der Waals surface area contributed by atoms with Gasteiger partial charge in [-0.1, -0.05) is 6.07 Å². The van der Waals surface area contributed by atoms with E-state index in [1.54, 1.807) is 25.3 Å². The molecule has 1 saturated heterocycles. The smallest absolute Gasteiger partial charge is 0.254 e. The van der Waals surface area contributed by atoms with Gasteiger partial charge in [-0.3, -0.25) is 9.69 Å². The second-order valence-electron chi connectivity index (χ2n) is 6.96. The summed E-state index contributed by atoms with van der Waals surface area (Å²) in [6.07, 6.45) is 0. The van der Waals surface area contributed by atoms with E-state index in [2.05, 4.69) is 20.8 Å². The van der Waals surface area contributed by atoms with Crippen molar-refractivity contribution in [2.24, 2.45) is 0 Å². The van der Waals surface area contributed by atoms with Gasteiger partial charge in [0.25, 0.3) is 5.91 Å². The number of nitrogens with zero attached hydrogens (tertiary/aromatic N) is 2. The maximum atomic E-state index is 13.9. The average molecular weight is 481 g/mol. The predicted molar refractivity (Wildman–Crippen MR) is 116 cm³/mol. The Morgan fingerprint density at radius 3 is 2.37 bits per heavy atom. The molecule has 3 rings (SSSR count). The molecule has 30 heavy (non-hydrogen) atoms. The Balaban J connectivity index is 1.63. The van der Waals surface area contributed by atoms with Crippen LogP contribution in [0.3, 0.4) is 0 Å². The molecule has 0 aliphatic carbocycles. The van der Waals surface area contributed by atoms with Crippen LogP contribution in [0, 0.1) is 5.82 Å². The summed E-state index contributed by atoms with van der Waals surface area (Å²) < 4.78 is 30.6. The molecule has 1 aliphatic rings. The molecule has 2 aromatic rings. The van der Waals surface area contributed by atoms with Gasteiger partial charge in [0.15, 0.2) is 23.1 Å². The number of hydrogen-bond donors (Lipinski definition) is 0. The van der Waals surface area contributed by atoms with Gasteiger partial charge in [0.2, 0.25) is 0 Å². The molecule has 0 unspecified atom stereocenters. The van der Waals surface area contributed by atoms with Crippen LogP contribution in [0.4, 0.5) is 4.39 Å². The number of carbonyl (C=O) groups excluding carboxylic acids is 1. The van der Waals surface area contributed by atoms with Crippen molar-refractivity contribution in [2.75, 3.05) is 47.0 Å². The zero-order valence-corrected chi connectivity index (χ0v) is 19.0. The fraction of sp³-hybridized carbons (Fsp3) is 0.409. The molecule has 0 saturated carbocycles. The number of ether oxygens (including phenoxy) is 3. The average Bonchev–Trinajstić information content (AvgIpc) is 2.75. The van der Waals surface area contributed by atoms with Gasteiger partial charge in [0.05, 0.1) is 25.3 Å². The summed E-state index contributed by atoms with van der Waals surface area (Å²) in [5.41, 5.74) is 1.43. The molecule has 0 spiro atoms. The van der Waals surface area contributed by atoms with E-state index in [4.69, 9.17) is 14.2 Å². The normalized spacial score (nSPS) is 14.5. The maximum absolute atomic E-state index is 13.9. The van der Waals surface area contributed by atoms with E-state index in [9.17, 15) is 9.18 Å². The van der Waals surface area contributed by atoms with Crippen LogP contribution < -0.4 is 14.2 Å². The first-order valence-corrected chi connectivity index (χ1v) is 10.6. The number of halogens is 2.